The van der Waals surface area contributed by atoms with Crippen LogP contribution in [-0.4, -0.2) is 45.8 Å². The topological polar surface area (TPSA) is 67.6 Å². The van der Waals surface area contributed by atoms with Gasteiger partial charge in [-0.2, -0.15) is 0 Å². The third-order valence-electron chi connectivity index (χ3n) is 3.76. The third kappa shape index (κ3) is 6.47. The van der Waals surface area contributed by atoms with Gasteiger partial charge >= 0.3 is 0 Å². The van der Waals surface area contributed by atoms with Gasteiger partial charge < -0.3 is 19.5 Å². The Morgan fingerprint density at radius 2 is 1.96 bits per heavy atom. The molecule has 0 saturated heterocycles. The van der Waals surface area contributed by atoms with Gasteiger partial charge in [-0.25, -0.2) is 4.99 Å². The summed E-state index contributed by atoms with van der Waals surface area (Å²) in [4.78, 5) is 6.79. The second-order valence-electron chi connectivity index (χ2n) is 5.64. The van der Waals surface area contributed by atoms with Gasteiger partial charge in [-0.3, -0.25) is 0 Å². The number of guanidine groups is 1. The molecule has 0 aliphatic heterocycles. The van der Waals surface area contributed by atoms with Crippen molar-refractivity contribution in [1.29, 1.82) is 0 Å². The van der Waals surface area contributed by atoms with Crippen LogP contribution in [0.25, 0.3) is 0 Å². The molecule has 1 N–H and O–H groups in total. The zero-order chi connectivity index (χ0) is 18.1. The highest BCUT2D eigenvalue weighted by molar-refractivity contribution is 14.0. The fourth-order valence-electron chi connectivity index (χ4n) is 2.49. The molecule has 0 fully saturated rings. The van der Waals surface area contributed by atoms with Gasteiger partial charge in [0.2, 0.25) is 0 Å². The summed E-state index contributed by atoms with van der Waals surface area (Å²) in [5.41, 5.74) is 1.20. The predicted molar refractivity (Wildman–Crippen MR) is 115 cm³/mol. The maximum Gasteiger partial charge on any atom is 0.194 e. The lowest BCUT2D eigenvalue weighted by molar-refractivity contribution is 0.340. The van der Waals surface area contributed by atoms with E-state index in [-0.39, 0.29) is 24.0 Å². The van der Waals surface area contributed by atoms with E-state index in [1.807, 2.05) is 30.7 Å². The summed E-state index contributed by atoms with van der Waals surface area (Å²) in [6.45, 7) is 9.72. The fraction of sp³-hybridized carbons (Fsp3) is 0.500. The Bertz CT molecular complexity index is 671. The summed E-state index contributed by atoms with van der Waals surface area (Å²) in [5, 5.41) is 11.4. The van der Waals surface area contributed by atoms with E-state index in [2.05, 4.69) is 46.4 Å². The minimum atomic E-state index is 0. The van der Waals surface area contributed by atoms with Crippen LogP contribution in [0, 0.1) is 0 Å². The first-order valence-corrected chi connectivity index (χ1v) is 8.75. The van der Waals surface area contributed by atoms with Gasteiger partial charge in [0.15, 0.2) is 11.8 Å². The van der Waals surface area contributed by atoms with Crippen molar-refractivity contribution in [2.75, 3.05) is 20.2 Å². The molecule has 0 atom stereocenters. The zero-order valence-corrected chi connectivity index (χ0v) is 18.3. The number of hydrogen-bond acceptors (Lipinski definition) is 4. The van der Waals surface area contributed by atoms with Crippen LogP contribution in [0.15, 0.2) is 35.6 Å². The van der Waals surface area contributed by atoms with E-state index < -0.39 is 0 Å². The molecule has 144 valence electrons. The van der Waals surface area contributed by atoms with Crippen molar-refractivity contribution in [3.05, 3.63) is 42.0 Å². The summed E-state index contributed by atoms with van der Waals surface area (Å²) in [6.07, 6.45) is 1.74. The van der Waals surface area contributed by atoms with Gasteiger partial charge in [0.25, 0.3) is 0 Å². The molecule has 7 nitrogen and oxygen atoms in total. The van der Waals surface area contributed by atoms with Crippen LogP contribution in [-0.2, 0) is 19.6 Å². The van der Waals surface area contributed by atoms with Gasteiger partial charge in [0.1, 0.15) is 18.6 Å². The number of nitrogens with zero attached hydrogens (tertiary/aromatic N) is 5. The van der Waals surface area contributed by atoms with E-state index >= 15 is 0 Å². The van der Waals surface area contributed by atoms with Crippen LogP contribution in [0.1, 0.15) is 32.2 Å². The molecule has 0 radical (unpaired) electrons. The highest BCUT2D eigenvalue weighted by atomic mass is 127. The minimum Gasteiger partial charge on any atom is -0.494 e. The Hall–Kier alpha value is -1.84. The predicted octanol–water partition coefficient (Wildman–Crippen LogP) is 2.91. The lowest BCUT2D eigenvalue weighted by atomic mass is 10.2. The highest BCUT2D eigenvalue weighted by Crippen LogP contribution is 2.13. The van der Waals surface area contributed by atoms with Gasteiger partial charge in [-0.15, -0.1) is 34.2 Å². The molecule has 0 unspecified atom stereocenters. The standard InChI is InChI=1S/C18H28N6O.HI/c1-5-19-18(20-12-17-22-21-14-24(17)6-2)23(4)13-15-8-10-16(11-9-15)25-7-3;/h8-11,14H,5-7,12-13H2,1-4H3,(H,19,20);1H. The molecule has 1 heterocycles. The summed E-state index contributed by atoms with van der Waals surface area (Å²) >= 11 is 0. The lowest BCUT2D eigenvalue weighted by Gasteiger charge is -2.22. The number of halogens is 1. The van der Waals surface area contributed by atoms with Crippen molar-refractivity contribution in [3.63, 3.8) is 0 Å². The van der Waals surface area contributed by atoms with Crippen molar-refractivity contribution in [2.24, 2.45) is 4.99 Å². The van der Waals surface area contributed by atoms with Gasteiger partial charge in [0.05, 0.1) is 6.61 Å². The van der Waals surface area contributed by atoms with E-state index in [1.165, 1.54) is 5.56 Å². The van der Waals surface area contributed by atoms with Crippen LogP contribution in [0.4, 0.5) is 0 Å². The molecule has 2 rings (SSSR count). The Balaban J connectivity index is 0.00000338. The first kappa shape index (κ1) is 22.2. The van der Waals surface area contributed by atoms with Gasteiger partial charge in [-0.1, -0.05) is 12.1 Å². The molecule has 2 aromatic rings. The Morgan fingerprint density at radius 3 is 2.58 bits per heavy atom. The van der Waals surface area contributed by atoms with Crippen LogP contribution in [0.5, 0.6) is 5.75 Å². The third-order valence-corrected chi connectivity index (χ3v) is 3.76. The summed E-state index contributed by atoms with van der Waals surface area (Å²) in [5.74, 6) is 2.61. The van der Waals surface area contributed by atoms with Gasteiger partial charge in [0, 0.05) is 26.7 Å². The molecule has 0 aliphatic rings. The highest BCUT2D eigenvalue weighted by Gasteiger charge is 2.08. The Labute approximate surface area is 172 Å². The monoisotopic (exact) mass is 472 g/mol. The number of hydrogen-bond donors (Lipinski definition) is 1. The first-order chi connectivity index (χ1) is 12.2. The summed E-state index contributed by atoms with van der Waals surface area (Å²) < 4.78 is 7.49. The van der Waals surface area contributed by atoms with Crippen LogP contribution >= 0.6 is 24.0 Å². The summed E-state index contributed by atoms with van der Waals surface area (Å²) in [6, 6.07) is 8.17. The lowest BCUT2D eigenvalue weighted by Crippen LogP contribution is -2.38. The number of benzene rings is 1. The molecular formula is C18H29IN6O. The Morgan fingerprint density at radius 1 is 1.23 bits per heavy atom. The number of rotatable bonds is 8. The maximum atomic E-state index is 5.49. The molecule has 1 aromatic heterocycles. The zero-order valence-electron chi connectivity index (χ0n) is 16.0. The second kappa shape index (κ2) is 11.7. The smallest absolute Gasteiger partial charge is 0.194 e. The quantitative estimate of drug-likeness (QED) is 0.364. The van der Waals surface area contributed by atoms with Crippen molar-refractivity contribution < 1.29 is 4.74 Å². The normalized spacial score (nSPS) is 11.0. The average molecular weight is 472 g/mol. The molecule has 0 bridgehead atoms. The SMILES string of the molecule is CCNC(=NCc1nncn1CC)N(C)Cc1ccc(OCC)cc1.I. The largest absolute Gasteiger partial charge is 0.494 e. The van der Waals surface area contributed by atoms with E-state index in [0.717, 1.165) is 37.2 Å². The van der Waals surface area contributed by atoms with E-state index in [0.29, 0.717) is 13.2 Å². The van der Waals surface area contributed by atoms with Crippen LogP contribution < -0.4 is 10.1 Å². The fourth-order valence-corrected chi connectivity index (χ4v) is 2.49. The molecule has 0 spiro atoms. The second-order valence-corrected chi connectivity index (χ2v) is 5.64. The molecule has 0 amide bonds. The number of aliphatic imine (C=N–C) groups is 1. The average Bonchev–Trinajstić information content (AvgIpc) is 3.08. The molecule has 1 aromatic carbocycles. The van der Waals surface area contributed by atoms with E-state index in [4.69, 9.17) is 9.73 Å². The van der Waals surface area contributed by atoms with Crippen LogP contribution in [0.3, 0.4) is 0 Å². The summed E-state index contributed by atoms with van der Waals surface area (Å²) in [7, 11) is 2.03. The number of ether oxygens (including phenoxy) is 1. The number of aryl methyl sites for hydroxylation is 1. The first-order valence-electron chi connectivity index (χ1n) is 8.75. The van der Waals surface area contributed by atoms with Crippen molar-refractivity contribution >= 4 is 29.9 Å². The van der Waals surface area contributed by atoms with Crippen molar-refractivity contribution in [3.8, 4) is 5.75 Å². The molecule has 0 aliphatic carbocycles. The molecular weight excluding hydrogens is 443 g/mol. The molecule has 8 heteroatoms. The maximum absolute atomic E-state index is 5.49. The van der Waals surface area contributed by atoms with Crippen LogP contribution in [0.2, 0.25) is 0 Å². The van der Waals surface area contributed by atoms with Gasteiger partial charge in [-0.05, 0) is 38.5 Å². The van der Waals surface area contributed by atoms with E-state index in [9.17, 15) is 0 Å². The minimum absolute atomic E-state index is 0. The van der Waals surface area contributed by atoms with Crippen molar-refractivity contribution in [2.45, 2.75) is 40.4 Å². The number of nitrogens with one attached hydrogen (secondary N) is 1. The Kier molecular flexibility index (Phi) is 10.0. The van der Waals surface area contributed by atoms with Crippen molar-refractivity contribution in [1.82, 2.24) is 25.0 Å². The molecule has 26 heavy (non-hydrogen) atoms. The molecule has 0 saturated carbocycles. The van der Waals surface area contributed by atoms with E-state index in [1.54, 1.807) is 6.33 Å². The number of aromatic nitrogens is 3.